The minimum atomic E-state index is -3.66. The van der Waals surface area contributed by atoms with Crippen LogP contribution >= 0.6 is 11.3 Å². The summed E-state index contributed by atoms with van der Waals surface area (Å²) < 4.78 is 27.6. The molecular formula is C13H18N4O2S2. The molecule has 2 rings (SSSR count). The van der Waals surface area contributed by atoms with Crippen molar-refractivity contribution in [2.75, 3.05) is 11.9 Å². The van der Waals surface area contributed by atoms with Gasteiger partial charge in [-0.2, -0.15) is 0 Å². The van der Waals surface area contributed by atoms with E-state index in [-0.39, 0.29) is 10.9 Å². The summed E-state index contributed by atoms with van der Waals surface area (Å²) in [6, 6.07) is 1.26. The average molecular weight is 326 g/mol. The van der Waals surface area contributed by atoms with Gasteiger partial charge in [-0.25, -0.2) is 18.1 Å². The minimum absolute atomic E-state index is 0.145. The van der Waals surface area contributed by atoms with E-state index in [0.29, 0.717) is 12.2 Å². The number of rotatable bonds is 6. The molecule has 0 bridgehead atoms. The fraction of sp³-hybridized carbons (Fsp3) is 0.385. The second kappa shape index (κ2) is 6.50. The number of thiazole rings is 1. The van der Waals surface area contributed by atoms with Gasteiger partial charge in [-0.15, -0.1) is 11.3 Å². The maximum Gasteiger partial charge on any atom is 0.244 e. The Morgan fingerprint density at radius 1 is 1.43 bits per heavy atom. The van der Waals surface area contributed by atoms with Crippen LogP contribution in [0.5, 0.6) is 0 Å². The minimum Gasteiger partial charge on any atom is -0.384 e. The lowest BCUT2D eigenvalue weighted by Gasteiger charge is -2.14. The summed E-state index contributed by atoms with van der Waals surface area (Å²) in [6.45, 7) is 6.20. The Morgan fingerprint density at radius 2 is 2.19 bits per heavy atom. The average Bonchev–Trinajstić information content (AvgIpc) is 2.86. The van der Waals surface area contributed by atoms with Gasteiger partial charge in [0.2, 0.25) is 10.0 Å². The molecule has 114 valence electrons. The quantitative estimate of drug-likeness (QED) is 0.851. The highest BCUT2D eigenvalue weighted by Crippen LogP contribution is 2.23. The van der Waals surface area contributed by atoms with Gasteiger partial charge in [-0.1, -0.05) is 0 Å². The van der Waals surface area contributed by atoms with Gasteiger partial charge in [0.05, 0.1) is 11.7 Å². The monoisotopic (exact) mass is 326 g/mol. The van der Waals surface area contributed by atoms with Crippen molar-refractivity contribution >= 4 is 27.0 Å². The van der Waals surface area contributed by atoms with E-state index in [1.807, 2.05) is 19.2 Å². The van der Waals surface area contributed by atoms with Crippen molar-refractivity contribution in [2.24, 2.45) is 0 Å². The van der Waals surface area contributed by atoms with Crippen LogP contribution in [0.1, 0.15) is 30.6 Å². The van der Waals surface area contributed by atoms with Crippen LogP contribution in [0.3, 0.4) is 0 Å². The number of hydrogen-bond acceptors (Lipinski definition) is 6. The van der Waals surface area contributed by atoms with Gasteiger partial charge in [-0.05, 0) is 26.8 Å². The zero-order valence-electron chi connectivity index (χ0n) is 12.1. The number of aryl methyl sites for hydroxylation is 1. The van der Waals surface area contributed by atoms with Gasteiger partial charge < -0.3 is 5.32 Å². The van der Waals surface area contributed by atoms with Crippen molar-refractivity contribution in [3.05, 3.63) is 34.5 Å². The summed E-state index contributed by atoms with van der Waals surface area (Å²) in [7, 11) is -3.66. The molecule has 2 heterocycles. The van der Waals surface area contributed by atoms with Crippen LogP contribution in [0.15, 0.2) is 28.7 Å². The van der Waals surface area contributed by atoms with Crippen molar-refractivity contribution in [1.29, 1.82) is 0 Å². The maximum absolute atomic E-state index is 12.5. The predicted octanol–water partition coefficient (Wildman–Crippen LogP) is 2.32. The summed E-state index contributed by atoms with van der Waals surface area (Å²) in [6.07, 6.45) is 2.91. The Morgan fingerprint density at radius 3 is 2.81 bits per heavy atom. The lowest BCUT2D eigenvalue weighted by atomic mass is 10.4. The molecule has 0 spiro atoms. The van der Waals surface area contributed by atoms with Crippen molar-refractivity contribution in [3.8, 4) is 0 Å². The number of hydrogen-bond donors (Lipinski definition) is 2. The summed E-state index contributed by atoms with van der Waals surface area (Å²) in [5.74, 6) is 0. The molecule has 0 saturated carbocycles. The van der Waals surface area contributed by atoms with Crippen molar-refractivity contribution in [2.45, 2.75) is 31.7 Å². The summed E-state index contributed by atoms with van der Waals surface area (Å²) in [5, 5.41) is 5.66. The van der Waals surface area contributed by atoms with Crippen molar-refractivity contribution in [1.82, 2.24) is 14.7 Å². The first kappa shape index (κ1) is 15.9. The summed E-state index contributed by atoms with van der Waals surface area (Å²) in [5.41, 5.74) is 1.43. The van der Waals surface area contributed by atoms with Crippen molar-refractivity contribution < 1.29 is 8.42 Å². The third-order valence-corrected chi connectivity index (χ3v) is 5.49. The van der Waals surface area contributed by atoms with E-state index < -0.39 is 10.0 Å². The molecule has 0 radical (unpaired) electrons. The smallest absolute Gasteiger partial charge is 0.244 e. The van der Waals surface area contributed by atoms with Gasteiger partial charge >= 0.3 is 0 Å². The van der Waals surface area contributed by atoms with Gasteiger partial charge in [0, 0.05) is 30.0 Å². The molecule has 2 N–H and O–H groups in total. The molecule has 0 aliphatic rings. The number of nitrogens with one attached hydrogen (secondary N) is 2. The number of anilines is 1. The van der Waals surface area contributed by atoms with Crippen LogP contribution in [0.4, 0.5) is 5.69 Å². The zero-order chi connectivity index (χ0) is 15.5. The second-order valence-electron chi connectivity index (χ2n) is 4.57. The molecule has 0 aliphatic carbocycles. The Hall–Kier alpha value is -1.51. The van der Waals surface area contributed by atoms with Crippen molar-refractivity contribution in [3.63, 3.8) is 0 Å². The van der Waals surface area contributed by atoms with Crippen LogP contribution in [0, 0.1) is 6.92 Å². The molecule has 0 aromatic carbocycles. The van der Waals surface area contributed by atoms with E-state index in [1.54, 1.807) is 19.2 Å². The molecule has 8 heteroatoms. The summed E-state index contributed by atoms with van der Waals surface area (Å²) in [4.78, 5) is 8.36. The standard InChI is InChI=1S/C13H18N4O2S2/c1-4-15-11-5-6-14-7-12(11)21(18,19)17-10(3)13-16-9(2)8-20-13/h5-8,10,17H,4H2,1-3H3,(H,14,15). The third-order valence-electron chi connectivity index (χ3n) is 2.78. The van der Waals surface area contributed by atoms with Crippen LogP contribution in [0.2, 0.25) is 0 Å². The largest absolute Gasteiger partial charge is 0.384 e. The normalized spacial score (nSPS) is 13.1. The first-order valence-electron chi connectivity index (χ1n) is 6.56. The SMILES string of the molecule is CCNc1ccncc1S(=O)(=O)NC(C)c1nc(C)cs1. The Balaban J connectivity index is 2.26. The molecular weight excluding hydrogens is 308 g/mol. The molecule has 2 aromatic heterocycles. The van der Waals surface area contributed by atoms with E-state index in [9.17, 15) is 8.42 Å². The maximum atomic E-state index is 12.5. The lowest BCUT2D eigenvalue weighted by Crippen LogP contribution is -2.27. The van der Waals surface area contributed by atoms with E-state index in [0.717, 1.165) is 10.7 Å². The fourth-order valence-corrected chi connectivity index (χ4v) is 4.06. The van der Waals surface area contributed by atoms with Gasteiger partial charge in [0.1, 0.15) is 9.90 Å². The zero-order valence-corrected chi connectivity index (χ0v) is 13.8. The predicted molar refractivity (Wildman–Crippen MR) is 84.0 cm³/mol. The number of sulfonamides is 1. The molecule has 21 heavy (non-hydrogen) atoms. The first-order chi connectivity index (χ1) is 9.94. The Bertz CT molecular complexity index is 712. The van der Waals surface area contributed by atoms with E-state index in [2.05, 4.69) is 20.0 Å². The van der Waals surface area contributed by atoms with Crippen LogP contribution in [-0.4, -0.2) is 24.9 Å². The van der Waals surface area contributed by atoms with Gasteiger partial charge in [0.15, 0.2) is 0 Å². The van der Waals surface area contributed by atoms with E-state index >= 15 is 0 Å². The lowest BCUT2D eigenvalue weighted by molar-refractivity contribution is 0.566. The first-order valence-corrected chi connectivity index (χ1v) is 8.92. The highest BCUT2D eigenvalue weighted by Gasteiger charge is 2.23. The fourth-order valence-electron chi connectivity index (χ4n) is 1.85. The Kier molecular flexibility index (Phi) is 4.92. The molecule has 2 aromatic rings. The highest BCUT2D eigenvalue weighted by atomic mass is 32.2. The molecule has 0 aliphatic heterocycles. The van der Waals surface area contributed by atoms with E-state index in [4.69, 9.17) is 0 Å². The van der Waals surface area contributed by atoms with Crippen LogP contribution < -0.4 is 10.0 Å². The topological polar surface area (TPSA) is 84.0 Å². The van der Waals surface area contributed by atoms with Gasteiger partial charge in [-0.3, -0.25) is 4.98 Å². The molecule has 6 nitrogen and oxygen atoms in total. The molecule has 0 amide bonds. The summed E-state index contributed by atoms with van der Waals surface area (Å²) >= 11 is 1.44. The number of nitrogens with zero attached hydrogens (tertiary/aromatic N) is 2. The molecule has 0 fully saturated rings. The molecule has 1 unspecified atom stereocenters. The molecule has 1 atom stereocenters. The number of aromatic nitrogens is 2. The highest BCUT2D eigenvalue weighted by molar-refractivity contribution is 7.89. The van der Waals surface area contributed by atoms with Crippen LogP contribution in [0.25, 0.3) is 0 Å². The second-order valence-corrected chi connectivity index (χ2v) is 7.14. The van der Waals surface area contributed by atoms with Gasteiger partial charge in [0.25, 0.3) is 0 Å². The van der Waals surface area contributed by atoms with Crippen LogP contribution in [-0.2, 0) is 10.0 Å². The number of pyridine rings is 1. The molecule has 0 saturated heterocycles. The van der Waals surface area contributed by atoms with E-state index in [1.165, 1.54) is 17.5 Å². The Labute approximate surface area is 128 Å². The third kappa shape index (κ3) is 3.78.